The van der Waals surface area contributed by atoms with Crippen molar-refractivity contribution in [1.29, 1.82) is 0 Å². The fourth-order valence-corrected chi connectivity index (χ4v) is 3.31. The first-order valence-electron chi connectivity index (χ1n) is 8.48. The van der Waals surface area contributed by atoms with Crippen LogP contribution in [0.3, 0.4) is 0 Å². The van der Waals surface area contributed by atoms with Crippen molar-refractivity contribution in [3.63, 3.8) is 0 Å². The van der Waals surface area contributed by atoms with Gasteiger partial charge in [-0.05, 0) is 44.4 Å². The average Bonchev–Trinajstić information content (AvgIpc) is 2.54. The number of hydrogen-bond donors (Lipinski definition) is 0. The molecule has 1 aromatic rings. The first-order valence-corrected chi connectivity index (χ1v) is 8.48. The van der Waals surface area contributed by atoms with E-state index in [4.69, 9.17) is 14.1 Å². The van der Waals surface area contributed by atoms with Crippen LogP contribution in [0.15, 0.2) is 21.6 Å². The van der Waals surface area contributed by atoms with Crippen molar-refractivity contribution >= 4 is 5.97 Å². The molecule has 23 heavy (non-hydrogen) atoms. The van der Waals surface area contributed by atoms with Gasteiger partial charge < -0.3 is 9.15 Å². The number of ether oxygens (including phenoxy) is 1. The highest BCUT2D eigenvalue weighted by Gasteiger charge is 2.23. The standard InChI is InChI=1S/C18H24N2O3/c1-12-7-6-10-15-17(12)18(19-14-8-4-3-5-9-14)23-16(20-15)11-22-13(2)21/h3-4,12,14H,5-11H2,1-2H3. The van der Waals surface area contributed by atoms with Gasteiger partial charge in [-0.15, -0.1) is 0 Å². The Hall–Kier alpha value is -1.91. The highest BCUT2D eigenvalue weighted by Crippen LogP contribution is 2.28. The van der Waals surface area contributed by atoms with Crippen molar-refractivity contribution in [3.05, 3.63) is 34.9 Å². The van der Waals surface area contributed by atoms with Crippen LogP contribution in [0.5, 0.6) is 0 Å². The number of fused-ring (bicyclic) bond motifs is 1. The summed E-state index contributed by atoms with van der Waals surface area (Å²) in [5.74, 6) is 0.526. The molecule has 2 atom stereocenters. The summed E-state index contributed by atoms with van der Waals surface area (Å²) in [7, 11) is 0. The van der Waals surface area contributed by atoms with Crippen molar-refractivity contribution in [2.45, 2.75) is 70.9 Å². The number of aromatic nitrogens is 1. The quantitative estimate of drug-likeness (QED) is 0.634. The highest BCUT2D eigenvalue weighted by molar-refractivity contribution is 5.65. The molecule has 2 aliphatic rings. The van der Waals surface area contributed by atoms with Gasteiger partial charge in [0.25, 0.3) is 0 Å². The van der Waals surface area contributed by atoms with Crippen LogP contribution in [0.1, 0.15) is 69.0 Å². The van der Waals surface area contributed by atoms with Gasteiger partial charge in [-0.3, -0.25) is 4.79 Å². The minimum absolute atomic E-state index is 0.0735. The van der Waals surface area contributed by atoms with Crippen LogP contribution in [0.2, 0.25) is 0 Å². The van der Waals surface area contributed by atoms with Crippen molar-refractivity contribution in [1.82, 2.24) is 4.98 Å². The van der Waals surface area contributed by atoms with E-state index in [1.807, 2.05) is 0 Å². The molecule has 0 amide bonds. The first kappa shape index (κ1) is 16.0. The van der Waals surface area contributed by atoms with E-state index in [1.54, 1.807) is 0 Å². The Morgan fingerprint density at radius 2 is 2.30 bits per heavy atom. The molecule has 0 bridgehead atoms. The topological polar surface area (TPSA) is 64.7 Å². The largest absolute Gasteiger partial charge is 0.456 e. The Balaban J connectivity index is 1.99. The molecule has 0 N–H and O–H groups in total. The summed E-state index contributed by atoms with van der Waals surface area (Å²) in [6.45, 7) is 3.67. The predicted molar refractivity (Wildman–Crippen MR) is 85.7 cm³/mol. The third-order valence-electron chi connectivity index (χ3n) is 4.50. The van der Waals surface area contributed by atoms with Gasteiger partial charge in [0.05, 0.1) is 11.7 Å². The summed E-state index contributed by atoms with van der Waals surface area (Å²) in [5.41, 5.74) is 2.91. The van der Waals surface area contributed by atoms with Gasteiger partial charge in [0, 0.05) is 12.5 Å². The average molecular weight is 316 g/mol. The summed E-state index contributed by atoms with van der Waals surface area (Å²) in [5, 5.41) is 0. The number of carbonyl (C=O) groups is 1. The lowest BCUT2D eigenvalue weighted by molar-refractivity contribution is -0.143. The fourth-order valence-electron chi connectivity index (χ4n) is 3.31. The van der Waals surface area contributed by atoms with E-state index < -0.39 is 0 Å². The van der Waals surface area contributed by atoms with E-state index in [0.717, 1.165) is 49.8 Å². The number of aryl methyl sites for hydroxylation is 1. The lowest BCUT2D eigenvalue weighted by Gasteiger charge is -2.22. The monoisotopic (exact) mass is 316 g/mol. The third-order valence-corrected chi connectivity index (χ3v) is 4.50. The molecule has 0 saturated carbocycles. The lowest BCUT2D eigenvalue weighted by Crippen LogP contribution is -2.25. The summed E-state index contributed by atoms with van der Waals surface area (Å²) in [4.78, 5) is 20.5. The highest BCUT2D eigenvalue weighted by atomic mass is 16.5. The number of rotatable bonds is 3. The number of nitrogens with zero attached hydrogens (tertiary/aromatic N) is 2. The van der Waals surface area contributed by atoms with Gasteiger partial charge in [-0.1, -0.05) is 19.1 Å². The zero-order chi connectivity index (χ0) is 16.2. The first-order chi connectivity index (χ1) is 11.1. The van der Waals surface area contributed by atoms with Gasteiger partial charge in [-0.25, -0.2) is 9.98 Å². The van der Waals surface area contributed by atoms with Crippen LogP contribution in [0, 0.1) is 0 Å². The molecule has 1 heterocycles. The Labute approximate surface area is 136 Å². The normalized spacial score (nSPS) is 24.3. The summed E-state index contributed by atoms with van der Waals surface area (Å²) in [6, 6.07) is 0.269. The van der Waals surface area contributed by atoms with Crippen LogP contribution in [-0.2, 0) is 22.6 Å². The number of hydrogen-bond acceptors (Lipinski definition) is 5. The second-order valence-electron chi connectivity index (χ2n) is 6.41. The van der Waals surface area contributed by atoms with Crippen LogP contribution in [0.25, 0.3) is 0 Å². The van der Waals surface area contributed by atoms with Gasteiger partial charge in [-0.2, -0.15) is 0 Å². The molecule has 0 radical (unpaired) electrons. The van der Waals surface area contributed by atoms with Gasteiger partial charge in [0.15, 0.2) is 6.61 Å². The Bertz CT molecular complexity index is 675. The molecule has 0 aliphatic heterocycles. The maximum Gasteiger partial charge on any atom is 0.303 e. The van der Waals surface area contributed by atoms with Gasteiger partial charge >= 0.3 is 5.97 Å². The van der Waals surface area contributed by atoms with Gasteiger partial charge in [0.2, 0.25) is 11.4 Å². The second-order valence-corrected chi connectivity index (χ2v) is 6.41. The van der Waals surface area contributed by atoms with Crippen LogP contribution >= 0.6 is 0 Å². The molecule has 0 fully saturated rings. The molecule has 2 aliphatic carbocycles. The van der Waals surface area contributed by atoms with E-state index in [0.29, 0.717) is 17.4 Å². The lowest BCUT2D eigenvalue weighted by atomic mass is 9.88. The number of carbonyl (C=O) groups excluding carboxylic acids is 1. The molecule has 0 saturated heterocycles. The van der Waals surface area contributed by atoms with Crippen molar-refractivity contribution < 1.29 is 13.9 Å². The zero-order valence-corrected chi connectivity index (χ0v) is 13.9. The Morgan fingerprint density at radius 3 is 3.04 bits per heavy atom. The van der Waals surface area contributed by atoms with Crippen molar-refractivity contribution in [2.75, 3.05) is 0 Å². The predicted octanol–water partition coefficient (Wildman–Crippen LogP) is 3.19. The summed E-state index contributed by atoms with van der Waals surface area (Å²) >= 11 is 0. The SMILES string of the molecule is CC(=O)OCc1nc2c(c(=NC3CC=CCC3)o1)C(C)CCC2. The maximum absolute atomic E-state index is 11.0. The van der Waals surface area contributed by atoms with E-state index in [9.17, 15) is 4.79 Å². The molecule has 5 heteroatoms. The molecular weight excluding hydrogens is 292 g/mol. The fraction of sp³-hybridized carbons (Fsp3) is 0.611. The Morgan fingerprint density at radius 1 is 1.43 bits per heavy atom. The molecule has 5 nitrogen and oxygen atoms in total. The van der Waals surface area contributed by atoms with E-state index in [1.165, 1.54) is 6.92 Å². The Kier molecular flexibility index (Phi) is 4.94. The minimum Gasteiger partial charge on any atom is -0.456 e. The smallest absolute Gasteiger partial charge is 0.303 e. The van der Waals surface area contributed by atoms with E-state index in [-0.39, 0.29) is 18.6 Å². The van der Waals surface area contributed by atoms with Gasteiger partial charge in [0.1, 0.15) is 0 Å². The van der Waals surface area contributed by atoms with E-state index >= 15 is 0 Å². The number of allylic oxidation sites excluding steroid dienone is 1. The molecule has 0 aromatic carbocycles. The van der Waals surface area contributed by atoms with E-state index in [2.05, 4.69) is 24.1 Å². The summed E-state index contributed by atoms with van der Waals surface area (Å²) < 4.78 is 11.0. The molecule has 124 valence electrons. The van der Waals surface area contributed by atoms with Crippen molar-refractivity contribution in [3.8, 4) is 0 Å². The maximum atomic E-state index is 11.0. The van der Waals surface area contributed by atoms with Crippen LogP contribution < -0.4 is 5.55 Å². The van der Waals surface area contributed by atoms with Crippen LogP contribution in [0.4, 0.5) is 0 Å². The molecule has 0 spiro atoms. The number of esters is 1. The molecular formula is C18H24N2O3. The molecule has 2 unspecified atom stereocenters. The third kappa shape index (κ3) is 3.89. The summed E-state index contributed by atoms with van der Waals surface area (Å²) in [6.07, 6.45) is 10.7. The second kappa shape index (κ2) is 7.11. The van der Waals surface area contributed by atoms with Crippen molar-refractivity contribution in [2.24, 2.45) is 4.99 Å². The zero-order valence-electron chi connectivity index (χ0n) is 13.9. The van der Waals surface area contributed by atoms with Crippen LogP contribution in [-0.4, -0.2) is 17.0 Å². The molecule has 3 rings (SSSR count). The molecule has 1 aromatic heterocycles. The minimum atomic E-state index is -0.330.